The number of alkyl carbamates (subject to hydrolysis) is 1. The molecule has 0 aromatic heterocycles. The van der Waals surface area contributed by atoms with Crippen LogP contribution in [0, 0.1) is 0 Å². The van der Waals surface area contributed by atoms with E-state index in [9.17, 15) is 14.4 Å². The van der Waals surface area contributed by atoms with Crippen LogP contribution in [0.4, 0.5) is 21.9 Å². The van der Waals surface area contributed by atoms with Gasteiger partial charge in [-0.05, 0) is 69.3 Å². The monoisotopic (exact) mass is 426 g/mol. The standard InChI is InChI=1S/C23H30N4O4/c1-23(2,3)31-22(30)24-15-14-20(28)25-17-8-10-18(11-9-17)26-21(29)16-6-12-19(13-7-16)27(4)5/h6-13H,14-15H2,1-5H3,(H,24,30)(H,25,28)(H,26,29). The largest absolute Gasteiger partial charge is 0.444 e. The van der Waals surface area contributed by atoms with Gasteiger partial charge in [0, 0.05) is 49.7 Å². The second kappa shape index (κ2) is 10.5. The number of benzene rings is 2. The molecule has 3 amide bonds. The van der Waals surface area contributed by atoms with Crippen molar-refractivity contribution in [2.75, 3.05) is 36.2 Å². The number of amides is 3. The summed E-state index contributed by atoms with van der Waals surface area (Å²) in [6.45, 7) is 5.48. The number of nitrogens with one attached hydrogen (secondary N) is 3. The first-order valence-electron chi connectivity index (χ1n) is 9.99. The van der Waals surface area contributed by atoms with Crippen LogP contribution in [-0.4, -0.2) is 44.1 Å². The van der Waals surface area contributed by atoms with Crippen LogP contribution in [0.2, 0.25) is 0 Å². The van der Waals surface area contributed by atoms with E-state index in [-0.39, 0.29) is 24.8 Å². The molecule has 0 unspecified atom stereocenters. The summed E-state index contributed by atoms with van der Waals surface area (Å²) in [5.41, 5.74) is 2.19. The molecule has 8 heteroatoms. The van der Waals surface area contributed by atoms with E-state index in [4.69, 9.17) is 4.74 Å². The zero-order valence-electron chi connectivity index (χ0n) is 18.6. The first-order valence-corrected chi connectivity index (χ1v) is 9.99. The van der Waals surface area contributed by atoms with Gasteiger partial charge in [-0.25, -0.2) is 4.79 Å². The highest BCUT2D eigenvalue weighted by Crippen LogP contribution is 2.17. The molecule has 166 valence electrons. The molecule has 0 bridgehead atoms. The Bertz CT molecular complexity index is 901. The molecular weight excluding hydrogens is 396 g/mol. The van der Waals surface area contributed by atoms with E-state index in [1.54, 1.807) is 57.2 Å². The lowest BCUT2D eigenvalue weighted by atomic mass is 10.2. The molecule has 0 aliphatic heterocycles. The van der Waals surface area contributed by atoms with Crippen LogP contribution in [0.25, 0.3) is 0 Å². The van der Waals surface area contributed by atoms with Crippen molar-refractivity contribution in [1.82, 2.24) is 5.32 Å². The maximum Gasteiger partial charge on any atom is 0.407 e. The fourth-order valence-electron chi connectivity index (χ4n) is 2.57. The number of hydrogen-bond donors (Lipinski definition) is 3. The van der Waals surface area contributed by atoms with Gasteiger partial charge in [-0.3, -0.25) is 9.59 Å². The second-order valence-corrected chi connectivity index (χ2v) is 8.20. The van der Waals surface area contributed by atoms with Crippen LogP contribution < -0.4 is 20.9 Å². The summed E-state index contributed by atoms with van der Waals surface area (Å²) in [6.07, 6.45) is -0.447. The Labute approximate surface area is 183 Å². The van der Waals surface area contributed by atoms with Gasteiger partial charge in [-0.1, -0.05) is 0 Å². The van der Waals surface area contributed by atoms with Crippen LogP contribution >= 0.6 is 0 Å². The summed E-state index contributed by atoms with van der Waals surface area (Å²) in [6, 6.07) is 14.1. The molecule has 0 atom stereocenters. The number of hydrogen-bond acceptors (Lipinski definition) is 5. The molecule has 0 saturated carbocycles. The van der Waals surface area contributed by atoms with Crippen LogP contribution in [-0.2, 0) is 9.53 Å². The van der Waals surface area contributed by atoms with Crippen LogP contribution in [0.1, 0.15) is 37.6 Å². The second-order valence-electron chi connectivity index (χ2n) is 8.20. The first kappa shape index (κ1) is 23.7. The summed E-state index contributed by atoms with van der Waals surface area (Å²) in [5, 5.41) is 8.11. The maximum absolute atomic E-state index is 12.4. The highest BCUT2D eigenvalue weighted by atomic mass is 16.6. The van der Waals surface area contributed by atoms with Crippen molar-refractivity contribution in [3.63, 3.8) is 0 Å². The minimum atomic E-state index is -0.584. The Balaban J connectivity index is 1.80. The third-order valence-corrected chi connectivity index (χ3v) is 4.09. The predicted molar refractivity (Wildman–Crippen MR) is 123 cm³/mol. The molecule has 2 aromatic carbocycles. The summed E-state index contributed by atoms with van der Waals surface area (Å²) >= 11 is 0. The van der Waals surface area contributed by atoms with Crippen molar-refractivity contribution in [3.05, 3.63) is 54.1 Å². The third-order valence-electron chi connectivity index (χ3n) is 4.09. The molecule has 2 aromatic rings. The molecule has 0 fully saturated rings. The van der Waals surface area contributed by atoms with E-state index in [1.807, 2.05) is 31.1 Å². The van der Waals surface area contributed by atoms with E-state index in [1.165, 1.54) is 0 Å². The summed E-state index contributed by atoms with van der Waals surface area (Å²) < 4.78 is 5.11. The lowest BCUT2D eigenvalue weighted by Crippen LogP contribution is -2.34. The highest BCUT2D eigenvalue weighted by molar-refractivity contribution is 6.04. The van der Waals surface area contributed by atoms with E-state index >= 15 is 0 Å². The smallest absolute Gasteiger partial charge is 0.407 e. The van der Waals surface area contributed by atoms with Crippen molar-refractivity contribution in [1.29, 1.82) is 0 Å². The lowest BCUT2D eigenvalue weighted by Gasteiger charge is -2.19. The van der Waals surface area contributed by atoms with Crippen LogP contribution in [0.5, 0.6) is 0 Å². The molecular formula is C23H30N4O4. The topological polar surface area (TPSA) is 99.8 Å². The summed E-state index contributed by atoms with van der Waals surface area (Å²) in [5.74, 6) is -0.455. The number of carbonyl (C=O) groups is 3. The van der Waals surface area contributed by atoms with E-state index in [0.29, 0.717) is 16.9 Å². The van der Waals surface area contributed by atoms with Crippen LogP contribution in [0.3, 0.4) is 0 Å². The Kier molecular flexibility index (Phi) is 8.01. The van der Waals surface area contributed by atoms with Gasteiger partial charge in [0.2, 0.25) is 5.91 Å². The molecule has 31 heavy (non-hydrogen) atoms. The van der Waals surface area contributed by atoms with Gasteiger partial charge in [0.15, 0.2) is 0 Å². The maximum atomic E-state index is 12.4. The average Bonchev–Trinajstić information content (AvgIpc) is 2.68. The zero-order chi connectivity index (χ0) is 23.0. The highest BCUT2D eigenvalue weighted by Gasteiger charge is 2.16. The van der Waals surface area contributed by atoms with E-state index in [2.05, 4.69) is 16.0 Å². The molecule has 2 rings (SSSR count). The Morgan fingerprint density at radius 2 is 1.42 bits per heavy atom. The van der Waals surface area contributed by atoms with Crippen molar-refractivity contribution in [2.45, 2.75) is 32.8 Å². The van der Waals surface area contributed by atoms with Crippen molar-refractivity contribution < 1.29 is 19.1 Å². The Hall–Kier alpha value is -3.55. The lowest BCUT2D eigenvalue weighted by molar-refractivity contribution is -0.116. The van der Waals surface area contributed by atoms with Gasteiger partial charge < -0.3 is 25.6 Å². The number of anilines is 3. The molecule has 0 aliphatic rings. The number of ether oxygens (including phenoxy) is 1. The van der Waals surface area contributed by atoms with E-state index in [0.717, 1.165) is 5.69 Å². The van der Waals surface area contributed by atoms with Crippen molar-refractivity contribution in [2.24, 2.45) is 0 Å². The number of rotatable bonds is 7. The summed E-state index contributed by atoms with van der Waals surface area (Å²) in [4.78, 5) is 37.9. The molecule has 0 heterocycles. The number of nitrogens with zero attached hydrogens (tertiary/aromatic N) is 1. The third kappa shape index (κ3) is 8.38. The normalized spacial score (nSPS) is 10.7. The fraction of sp³-hybridized carbons (Fsp3) is 0.348. The van der Waals surface area contributed by atoms with Gasteiger partial charge in [-0.2, -0.15) is 0 Å². The average molecular weight is 427 g/mol. The van der Waals surface area contributed by atoms with Crippen molar-refractivity contribution in [3.8, 4) is 0 Å². The van der Waals surface area contributed by atoms with Crippen LogP contribution in [0.15, 0.2) is 48.5 Å². The number of carbonyl (C=O) groups excluding carboxylic acids is 3. The molecule has 3 N–H and O–H groups in total. The first-order chi connectivity index (χ1) is 14.5. The molecule has 0 saturated heterocycles. The van der Waals surface area contributed by atoms with Gasteiger partial charge in [0.1, 0.15) is 5.60 Å². The summed E-state index contributed by atoms with van der Waals surface area (Å²) in [7, 11) is 3.87. The Morgan fingerprint density at radius 3 is 1.94 bits per heavy atom. The van der Waals surface area contributed by atoms with E-state index < -0.39 is 11.7 Å². The Morgan fingerprint density at radius 1 is 0.871 bits per heavy atom. The molecule has 0 aliphatic carbocycles. The fourth-order valence-corrected chi connectivity index (χ4v) is 2.57. The molecule has 8 nitrogen and oxygen atoms in total. The molecule has 0 spiro atoms. The van der Waals surface area contributed by atoms with Gasteiger partial charge in [-0.15, -0.1) is 0 Å². The minimum absolute atomic E-state index is 0.112. The van der Waals surface area contributed by atoms with Gasteiger partial charge in [0.05, 0.1) is 0 Å². The van der Waals surface area contributed by atoms with Gasteiger partial charge in [0.25, 0.3) is 5.91 Å². The minimum Gasteiger partial charge on any atom is -0.444 e. The molecule has 0 radical (unpaired) electrons. The quantitative estimate of drug-likeness (QED) is 0.624. The van der Waals surface area contributed by atoms with Gasteiger partial charge >= 0.3 is 6.09 Å². The zero-order valence-corrected chi connectivity index (χ0v) is 18.6. The SMILES string of the molecule is CN(C)c1ccc(C(=O)Nc2ccc(NC(=O)CCNC(=O)OC(C)(C)C)cc2)cc1. The van der Waals surface area contributed by atoms with Crippen molar-refractivity contribution >= 4 is 35.0 Å². The predicted octanol–water partition coefficient (Wildman–Crippen LogP) is 3.86.